The van der Waals surface area contributed by atoms with Crippen LogP contribution in [0.5, 0.6) is 0 Å². The molecule has 3 heterocycles. The van der Waals surface area contributed by atoms with Crippen LogP contribution >= 0.6 is 0 Å². The van der Waals surface area contributed by atoms with Crippen molar-refractivity contribution in [2.24, 2.45) is 0 Å². The van der Waals surface area contributed by atoms with Crippen molar-refractivity contribution >= 4 is 10.8 Å². The summed E-state index contributed by atoms with van der Waals surface area (Å²) in [5, 5.41) is 9.51. The second-order valence-electron chi connectivity index (χ2n) is 5.25. The van der Waals surface area contributed by atoms with Crippen LogP contribution in [-0.2, 0) is 11.3 Å². The molecule has 7 heteroatoms. The van der Waals surface area contributed by atoms with Crippen LogP contribution < -0.4 is 5.56 Å². The quantitative estimate of drug-likeness (QED) is 0.731. The minimum absolute atomic E-state index is 0.123. The zero-order chi connectivity index (χ0) is 14.9. The molecule has 1 aromatic carbocycles. The monoisotopic (exact) mass is 298 g/mol. The number of hydrogen-bond donors (Lipinski definition) is 0. The zero-order valence-corrected chi connectivity index (χ0v) is 11.8. The van der Waals surface area contributed by atoms with Gasteiger partial charge in [0.1, 0.15) is 12.6 Å². The normalized spacial score (nSPS) is 18.1. The lowest BCUT2D eigenvalue weighted by molar-refractivity contribution is 0.0835. The van der Waals surface area contributed by atoms with Crippen LogP contribution in [0.25, 0.3) is 10.8 Å². The van der Waals surface area contributed by atoms with Crippen LogP contribution in [0.4, 0.5) is 0 Å². The van der Waals surface area contributed by atoms with E-state index in [1.807, 2.05) is 18.2 Å². The summed E-state index contributed by atoms with van der Waals surface area (Å²) in [5.41, 5.74) is -0.165. The largest absolute Gasteiger partial charge is 0.368 e. The summed E-state index contributed by atoms with van der Waals surface area (Å²) >= 11 is 0. The first kappa shape index (κ1) is 13.1. The van der Waals surface area contributed by atoms with Gasteiger partial charge in [0.2, 0.25) is 0 Å². The lowest BCUT2D eigenvalue weighted by atomic mass is 10.2. The molecule has 2 aromatic heterocycles. The minimum Gasteiger partial charge on any atom is -0.368 e. The molecule has 0 radical (unpaired) electrons. The summed E-state index contributed by atoms with van der Waals surface area (Å²) in [6.45, 7) is 0.897. The predicted octanol–water partition coefficient (Wildman–Crippen LogP) is 1.68. The van der Waals surface area contributed by atoms with Crippen LogP contribution in [0.3, 0.4) is 0 Å². The maximum absolute atomic E-state index is 12.4. The molecule has 0 saturated carbocycles. The SMILES string of the molecule is O=c1c2ccccc2cnn1Cc1noc([C@H]2CCCO2)n1. The molecule has 4 rings (SSSR count). The average molecular weight is 298 g/mol. The van der Waals surface area contributed by atoms with E-state index in [1.54, 1.807) is 12.3 Å². The van der Waals surface area contributed by atoms with Gasteiger partial charge in [-0.05, 0) is 18.9 Å². The van der Waals surface area contributed by atoms with E-state index in [1.165, 1.54) is 4.68 Å². The number of hydrogen-bond acceptors (Lipinski definition) is 6. The van der Waals surface area contributed by atoms with E-state index in [-0.39, 0.29) is 18.2 Å². The first-order valence-electron chi connectivity index (χ1n) is 7.20. The molecular formula is C15H14N4O3. The molecule has 0 N–H and O–H groups in total. The van der Waals surface area contributed by atoms with Crippen LogP contribution in [0.1, 0.15) is 30.7 Å². The van der Waals surface area contributed by atoms with Gasteiger partial charge in [-0.2, -0.15) is 10.1 Å². The molecule has 1 fully saturated rings. The van der Waals surface area contributed by atoms with Crippen molar-refractivity contribution in [3.8, 4) is 0 Å². The van der Waals surface area contributed by atoms with Crippen molar-refractivity contribution in [2.75, 3.05) is 6.61 Å². The average Bonchev–Trinajstić information content (AvgIpc) is 3.21. The Morgan fingerprint density at radius 3 is 3.09 bits per heavy atom. The third kappa shape index (κ3) is 2.29. The van der Waals surface area contributed by atoms with Gasteiger partial charge in [-0.15, -0.1) is 0 Å². The molecule has 1 saturated heterocycles. The predicted molar refractivity (Wildman–Crippen MR) is 77.3 cm³/mol. The molecule has 22 heavy (non-hydrogen) atoms. The Kier molecular flexibility index (Phi) is 3.19. The molecule has 112 valence electrons. The number of ether oxygens (including phenoxy) is 1. The number of benzene rings is 1. The molecule has 0 unspecified atom stereocenters. The lowest BCUT2D eigenvalue weighted by Gasteiger charge is -2.03. The standard InChI is InChI=1S/C15H14N4O3/c20-15-11-5-2-1-4-10(11)8-16-19(15)9-13-17-14(22-18-13)12-6-3-7-21-12/h1-2,4-5,8,12H,3,6-7,9H2/t12-/m1/s1. The Morgan fingerprint density at radius 1 is 1.32 bits per heavy atom. The second-order valence-corrected chi connectivity index (χ2v) is 5.25. The van der Waals surface area contributed by atoms with E-state index in [2.05, 4.69) is 15.2 Å². The van der Waals surface area contributed by atoms with Crippen LogP contribution in [0.2, 0.25) is 0 Å². The van der Waals surface area contributed by atoms with E-state index in [9.17, 15) is 4.79 Å². The summed E-state index contributed by atoms with van der Waals surface area (Å²) in [4.78, 5) is 16.7. The number of nitrogens with zero attached hydrogens (tertiary/aromatic N) is 4. The topological polar surface area (TPSA) is 83.0 Å². The van der Waals surface area contributed by atoms with Crippen LogP contribution in [-0.4, -0.2) is 26.5 Å². The Bertz CT molecular complexity index is 864. The van der Waals surface area contributed by atoms with Crippen molar-refractivity contribution in [3.05, 3.63) is 52.5 Å². The van der Waals surface area contributed by atoms with Gasteiger partial charge in [0.05, 0.1) is 11.6 Å². The first-order chi connectivity index (χ1) is 10.8. The van der Waals surface area contributed by atoms with E-state index >= 15 is 0 Å². The highest BCUT2D eigenvalue weighted by Crippen LogP contribution is 2.26. The molecule has 0 amide bonds. The highest BCUT2D eigenvalue weighted by Gasteiger charge is 2.24. The van der Waals surface area contributed by atoms with E-state index in [0.717, 1.165) is 18.2 Å². The van der Waals surface area contributed by atoms with Crippen LogP contribution in [0.15, 0.2) is 39.8 Å². The van der Waals surface area contributed by atoms with Gasteiger partial charge in [-0.1, -0.05) is 23.4 Å². The van der Waals surface area contributed by atoms with Crippen molar-refractivity contribution in [1.29, 1.82) is 0 Å². The smallest absolute Gasteiger partial charge is 0.275 e. The highest BCUT2D eigenvalue weighted by atomic mass is 16.5. The number of fused-ring (bicyclic) bond motifs is 1. The molecular weight excluding hydrogens is 284 g/mol. The lowest BCUT2D eigenvalue weighted by Crippen LogP contribution is -2.23. The molecule has 0 bridgehead atoms. The Morgan fingerprint density at radius 2 is 2.23 bits per heavy atom. The van der Waals surface area contributed by atoms with E-state index in [0.29, 0.717) is 23.7 Å². The van der Waals surface area contributed by atoms with Crippen LogP contribution in [0, 0.1) is 0 Å². The summed E-state index contributed by atoms with van der Waals surface area (Å²) in [5.74, 6) is 0.900. The van der Waals surface area contributed by atoms with Gasteiger partial charge in [0.25, 0.3) is 11.4 Å². The first-order valence-corrected chi connectivity index (χ1v) is 7.20. The fourth-order valence-electron chi connectivity index (χ4n) is 2.61. The molecule has 1 aliphatic rings. The maximum Gasteiger partial charge on any atom is 0.275 e. The third-order valence-corrected chi connectivity index (χ3v) is 3.74. The molecule has 1 aliphatic heterocycles. The fraction of sp³-hybridized carbons (Fsp3) is 0.333. The number of rotatable bonds is 3. The highest BCUT2D eigenvalue weighted by molar-refractivity contribution is 5.80. The Labute approximate surface area is 125 Å². The summed E-state index contributed by atoms with van der Waals surface area (Å²) in [6.07, 6.45) is 3.42. The van der Waals surface area contributed by atoms with Crippen molar-refractivity contribution in [3.63, 3.8) is 0 Å². The summed E-state index contributed by atoms with van der Waals surface area (Å²) < 4.78 is 12.1. The Balaban J connectivity index is 1.63. The van der Waals surface area contributed by atoms with Gasteiger partial charge in [-0.25, -0.2) is 4.68 Å². The molecule has 0 aliphatic carbocycles. The number of aromatic nitrogens is 4. The Hall–Kier alpha value is -2.54. The summed E-state index contributed by atoms with van der Waals surface area (Å²) in [7, 11) is 0. The van der Waals surface area contributed by atoms with E-state index < -0.39 is 0 Å². The third-order valence-electron chi connectivity index (χ3n) is 3.74. The minimum atomic E-state index is -0.165. The second kappa shape index (κ2) is 5.34. The molecule has 7 nitrogen and oxygen atoms in total. The molecule has 0 spiro atoms. The van der Waals surface area contributed by atoms with Gasteiger partial charge < -0.3 is 9.26 Å². The zero-order valence-electron chi connectivity index (χ0n) is 11.8. The fourth-order valence-corrected chi connectivity index (χ4v) is 2.61. The van der Waals surface area contributed by atoms with Gasteiger partial charge in [0.15, 0.2) is 5.82 Å². The van der Waals surface area contributed by atoms with Gasteiger partial charge >= 0.3 is 0 Å². The van der Waals surface area contributed by atoms with Crippen molar-refractivity contribution < 1.29 is 9.26 Å². The van der Waals surface area contributed by atoms with E-state index in [4.69, 9.17) is 9.26 Å². The van der Waals surface area contributed by atoms with Crippen molar-refractivity contribution in [1.82, 2.24) is 19.9 Å². The molecule has 3 aromatic rings. The van der Waals surface area contributed by atoms with Gasteiger partial charge in [-0.3, -0.25) is 4.79 Å². The van der Waals surface area contributed by atoms with Crippen molar-refractivity contribution in [2.45, 2.75) is 25.5 Å². The molecule has 1 atom stereocenters. The van der Waals surface area contributed by atoms with Gasteiger partial charge in [0, 0.05) is 12.0 Å². The summed E-state index contributed by atoms with van der Waals surface area (Å²) in [6, 6.07) is 7.35. The maximum atomic E-state index is 12.4.